The van der Waals surface area contributed by atoms with Crippen LogP contribution in [0.5, 0.6) is 5.75 Å². The molecule has 1 saturated carbocycles. The van der Waals surface area contributed by atoms with Crippen LogP contribution in [0.25, 0.3) is 0 Å². The van der Waals surface area contributed by atoms with Gasteiger partial charge in [0.25, 0.3) is 5.91 Å². The van der Waals surface area contributed by atoms with Gasteiger partial charge in [0, 0.05) is 19.1 Å². The molecule has 1 unspecified atom stereocenters. The van der Waals surface area contributed by atoms with Gasteiger partial charge in [0.1, 0.15) is 5.75 Å². The van der Waals surface area contributed by atoms with Crippen molar-refractivity contribution in [2.45, 2.75) is 50.8 Å². The number of rotatable bonds is 5. The van der Waals surface area contributed by atoms with Crippen molar-refractivity contribution in [1.82, 2.24) is 10.6 Å². The van der Waals surface area contributed by atoms with E-state index in [-0.39, 0.29) is 12.0 Å². The highest BCUT2D eigenvalue weighted by Crippen LogP contribution is 2.21. The lowest BCUT2D eigenvalue weighted by Gasteiger charge is -2.16. The van der Waals surface area contributed by atoms with E-state index < -0.39 is 0 Å². The van der Waals surface area contributed by atoms with Crippen LogP contribution in [0.3, 0.4) is 0 Å². The van der Waals surface area contributed by atoms with Gasteiger partial charge in [-0.3, -0.25) is 4.79 Å². The third-order valence-electron chi connectivity index (χ3n) is 3.83. The maximum atomic E-state index is 11.9. The van der Waals surface area contributed by atoms with Gasteiger partial charge in [-0.15, -0.1) is 0 Å². The number of amides is 1. The molecule has 0 spiro atoms. The van der Waals surface area contributed by atoms with Crippen LogP contribution < -0.4 is 15.4 Å². The van der Waals surface area contributed by atoms with Crippen molar-refractivity contribution in [1.29, 1.82) is 0 Å². The van der Waals surface area contributed by atoms with Gasteiger partial charge in [0.2, 0.25) is 0 Å². The Balaban J connectivity index is 1.60. The Morgan fingerprint density at radius 2 is 2.15 bits per heavy atom. The summed E-state index contributed by atoms with van der Waals surface area (Å²) in [5.41, 5.74) is 1.21. The highest BCUT2D eigenvalue weighted by molar-refractivity contribution is 5.81. The zero-order chi connectivity index (χ0) is 13.8. The molecule has 4 heteroatoms. The Hall–Kier alpha value is -1.55. The fourth-order valence-corrected chi connectivity index (χ4v) is 2.47. The van der Waals surface area contributed by atoms with E-state index in [1.165, 1.54) is 18.4 Å². The van der Waals surface area contributed by atoms with Gasteiger partial charge in [-0.1, -0.05) is 12.1 Å². The first-order valence-electron chi connectivity index (χ1n) is 7.58. The van der Waals surface area contributed by atoms with Gasteiger partial charge in [0.15, 0.2) is 6.10 Å². The number of carbonyl (C=O) groups excluding carboxylic acids is 1. The zero-order valence-corrected chi connectivity index (χ0v) is 11.7. The van der Waals surface area contributed by atoms with Crippen molar-refractivity contribution in [2.24, 2.45) is 0 Å². The van der Waals surface area contributed by atoms with Crippen LogP contribution in [0, 0.1) is 0 Å². The average Bonchev–Trinajstić information content (AvgIpc) is 3.28. The summed E-state index contributed by atoms with van der Waals surface area (Å²) in [6.45, 7) is 1.64. The van der Waals surface area contributed by atoms with E-state index >= 15 is 0 Å². The second-order valence-corrected chi connectivity index (χ2v) is 5.70. The first-order chi connectivity index (χ1) is 9.81. The highest BCUT2D eigenvalue weighted by atomic mass is 16.5. The Morgan fingerprint density at radius 1 is 1.25 bits per heavy atom. The van der Waals surface area contributed by atoms with E-state index in [2.05, 4.69) is 16.7 Å². The Morgan fingerprint density at radius 3 is 3.00 bits per heavy atom. The summed E-state index contributed by atoms with van der Waals surface area (Å²) in [7, 11) is 0. The topological polar surface area (TPSA) is 50.4 Å². The Labute approximate surface area is 119 Å². The van der Waals surface area contributed by atoms with Crippen molar-refractivity contribution in [3.8, 4) is 5.75 Å². The second-order valence-electron chi connectivity index (χ2n) is 5.70. The van der Waals surface area contributed by atoms with Crippen molar-refractivity contribution in [3.05, 3.63) is 29.8 Å². The third-order valence-corrected chi connectivity index (χ3v) is 3.83. The highest BCUT2D eigenvalue weighted by Gasteiger charge is 2.22. The first-order valence-corrected chi connectivity index (χ1v) is 7.58. The van der Waals surface area contributed by atoms with Crippen LogP contribution >= 0.6 is 0 Å². The molecule has 0 radical (unpaired) electrons. The quantitative estimate of drug-likeness (QED) is 0.863. The average molecular weight is 274 g/mol. The summed E-state index contributed by atoms with van der Waals surface area (Å²) in [6, 6.07) is 8.75. The van der Waals surface area contributed by atoms with Crippen molar-refractivity contribution < 1.29 is 9.53 Å². The largest absolute Gasteiger partial charge is 0.481 e. The molecule has 4 nitrogen and oxygen atoms in total. The summed E-state index contributed by atoms with van der Waals surface area (Å²) < 4.78 is 5.87. The van der Waals surface area contributed by atoms with Crippen LogP contribution in [-0.2, 0) is 11.3 Å². The monoisotopic (exact) mass is 274 g/mol. The minimum atomic E-state index is -0.343. The molecule has 1 amide bonds. The molecule has 1 atom stereocenters. The molecule has 1 saturated heterocycles. The van der Waals surface area contributed by atoms with E-state index in [4.69, 9.17) is 4.74 Å². The normalized spacial score (nSPS) is 23.0. The fourth-order valence-electron chi connectivity index (χ4n) is 2.47. The van der Waals surface area contributed by atoms with Crippen molar-refractivity contribution in [3.63, 3.8) is 0 Å². The summed E-state index contributed by atoms with van der Waals surface area (Å²) in [5.74, 6) is 0.811. The number of nitrogens with one attached hydrogen (secondary N) is 2. The Kier molecular flexibility index (Phi) is 4.21. The lowest BCUT2D eigenvalue weighted by molar-refractivity contribution is -0.127. The van der Waals surface area contributed by atoms with Crippen LogP contribution in [0.1, 0.15) is 37.7 Å². The van der Waals surface area contributed by atoms with Gasteiger partial charge in [0.05, 0.1) is 0 Å². The van der Waals surface area contributed by atoms with Crippen LogP contribution in [-0.4, -0.2) is 24.6 Å². The molecule has 0 bridgehead atoms. The number of benzene rings is 1. The van der Waals surface area contributed by atoms with E-state index in [9.17, 15) is 4.79 Å². The van der Waals surface area contributed by atoms with Gasteiger partial charge < -0.3 is 15.4 Å². The summed E-state index contributed by atoms with van der Waals surface area (Å²) in [6.07, 6.45) is 5.11. The molecule has 108 valence electrons. The number of hydrogen-bond acceptors (Lipinski definition) is 3. The smallest absolute Gasteiger partial charge is 0.261 e. The molecular formula is C16H22N2O2. The minimum absolute atomic E-state index is 0.0176. The SMILES string of the molecule is O=C1NCCCCC1Oc1cccc(CNC2CC2)c1. The first kappa shape index (κ1) is 13.4. The molecule has 3 rings (SSSR count). The van der Waals surface area contributed by atoms with E-state index in [0.717, 1.165) is 38.1 Å². The maximum absolute atomic E-state index is 11.9. The standard InChI is InChI=1S/C16H22N2O2/c19-16-15(6-1-2-9-17-16)20-14-5-3-4-12(10-14)11-18-13-7-8-13/h3-5,10,13,15,18H,1-2,6-9,11H2,(H,17,19). The van der Waals surface area contributed by atoms with E-state index in [1.54, 1.807) is 0 Å². The maximum Gasteiger partial charge on any atom is 0.261 e. The number of carbonyl (C=O) groups is 1. The zero-order valence-electron chi connectivity index (χ0n) is 11.7. The van der Waals surface area contributed by atoms with Crippen molar-refractivity contribution in [2.75, 3.05) is 6.54 Å². The summed E-state index contributed by atoms with van der Waals surface area (Å²) in [4.78, 5) is 11.9. The minimum Gasteiger partial charge on any atom is -0.481 e. The molecule has 0 aromatic heterocycles. The molecule has 2 fully saturated rings. The molecule has 20 heavy (non-hydrogen) atoms. The number of hydrogen-bond donors (Lipinski definition) is 2. The fraction of sp³-hybridized carbons (Fsp3) is 0.562. The molecule has 1 aliphatic heterocycles. The van der Waals surface area contributed by atoms with Crippen LogP contribution in [0.4, 0.5) is 0 Å². The van der Waals surface area contributed by atoms with Gasteiger partial charge in [-0.25, -0.2) is 0 Å². The summed E-state index contributed by atoms with van der Waals surface area (Å²) in [5, 5.41) is 6.39. The van der Waals surface area contributed by atoms with Crippen LogP contribution in [0.2, 0.25) is 0 Å². The second kappa shape index (κ2) is 6.27. The van der Waals surface area contributed by atoms with E-state index in [1.807, 2.05) is 18.2 Å². The number of ether oxygens (including phenoxy) is 1. The predicted molar refractivity (Wildman–Crippen MR) is 77.6 cm³/mol. The Bertz CT molecular complexity index is 471. The molecule has 2 aliphatic rings. The van der Waals surface area contributed by atoms with Gasteiger partial charge in [-0.2, -0.15) is 0 Å². The van der Waals surface area contributed by atoms with Crippen LogP contribution in [0.15, 0.2) is 24.3 Å². The molecule has 1 aliphatic carbocycles. The van der Waals surface area contributed by atoms with Gasteiger partial charge >= 0.3 is 0 Å². The summed E-state index contributed by atoms with van der Waals surface area (Å²) >= 11 is 0. The van der Waals surface area contributed by atoms with Gasteiger partial charge in [-0.05, 0) is 49.8 Å². The predicted octanol–water partition coefficient (Wildman–Crippen LogP) is 1.99. The lowest BCUT2D eigenvalue weighted by Crippen LogP contribution is -2.36. The molecule has 1 heterocycles. The third kappa shape index (κ3) is 3.73. The molecule has 2 N–H and O–H groups in total. The molecular weight excluding hydrogens is 252 g/mol. The van der Waals surface area contributed by atoms with E-state index in [0.29, 0.717) is 6.04 Å². The lowest BCUT2D eigenvalue weighted by atomic mass is 10.1. The van der Waals surface area contributed by atoms with Crippen molar-refractivity contribution >= 4 is 5.91 Å². The molecule has 1 aromatic carbocycles. The molecule has 1 aromatic rings.